The summed E-state index contributed by atoms with van der Waals surface area (Å²) in [5.74, 6) is -0.499. The maximum atomic E-state index is 13.6. The summed E-state index contributed by atoms with van der Waals surface area (Å²) in [6, 6.07) is 2.99. The Bertz CT molecular complexity index is 513. The van der Waals surface area contributed by atoms with Crippen molar-refractivity contribution < 1.29 is 9.18 Å². The predicted molar refractivity (Wildman–Crippen MR) is 54.8 cm³/mol. The summed E-state index contributed by atoms with van der Waals surface area (Å²) in [7, 11) is 0. The summed E-state index contributed by atoms with van der Waals surface area (Å²) in [6.45, 7) is 0. The Morgan fingerprint density at radius 1 is 1.43 bits per heavy atom. The summed E-state index contributed by atoms with van der Waals surface area (Å²) < 4.78 is 14.2. The van der Waals surface area contributed by atoms with Crippen LogP contribution in [-0.4, -0.2) is 11.3 Å². The second-order valence-electron chi connectivity index (χ2n) is 2.80. The van der Waals surface area contributed by atoms with Crippen molar-refractivity contribution in [1.82, 2.24) is 4.98 Å². The van der Waals surface area contributed by atoms with E-state index in [4.69, 9.17) is 0 Å². The molecule has 1 heterocycles. The van der Waals surface area contributed by atoms with E-state index in [0.29, 0.717) is 21.5 Å². The van der Waals surface area contributed by atoms with Gasteiger partial charge in [-0.3, -0.25) is 9.78 Å². The molecule has 0 amide bonds. The van der Waals surface area contributed by atoms with Crippen LogP contribution >= 0.6 is 15.9 Å². The average Bonchev–Trinajstić information content (AvgIpc) is 2.23. The highest BCUT2D eigenvalue weighted by atomic mass is 79.9. The third-order valence-electron chi connectivity index (χ3n) is 1.98. The van der Waals surface area contributed by atoms with E-state index in [2.05, 4.69) is 20.9 Å². The lowest BCUT2D eigenvalue weighted by atomic mass is 10.1. The van der Waals surface area contributed by atoms with Crippen molar-refractivity contribution in [2.24, 2.45) is 0 Å². The van der Waals surface area contributed by atoms with Crippen molar-refractivity contribution in [3.8, 4) is 0 Å². The normalized spacial score (nSPS) is 10.4. The molecule has 0 spiro atoms. The van der Waals surface area contributed by atoms with E-state index in [-0.39, 0.29) is 5.56 Å². The van der Waals surface area contributed by atoms with Gasteiger partial charge in [-0.25, -0.2) is 4.39 Å². The monoisotopic (exact) mass is 253 g/mol. The predicted octanol–water partition coefficient (Wildman–Crippen LogP) is 2.95. The van der Waals surface area contributed by atoms with Crippen molar-refractivity contribution in [3.63, 3.8) is 0 Å². The highest BCUT2D eigenvalue weighted by Crippen LogP contribution is 2.27. The molecule has 0 saturated carbocycles. The molecule has 0 N–H and O–H groups in total. The molecule has 1 aromatic carbocycles. The van der Waals surface area contributed by atoms with Crippen molar-refractivity contribution in [2.75, 3.05) is 0 Å². The first-order valence-corrected chi connectivity index (χ1v) is 4.70. The summed E-state index contributed by atoms with van der Waals surface area (Å²) in [4.78, 5) is 14.4. The molecule has 0 aliphatic heterocycles. The van der Waals surface area contributed by atoms with E-state index in [0.717, 1.165) is 0 Å². The Labute approximate surface area is 87.9 Å². The molecule has 0 bridgehead atoms. The Morgan fingerprint density at radius 2 is 2.21 bits per heavy atom. The van der Waals surface area contributed by atoms with Crippen LogP contribution in [0.25, 0.3) is 10.8 Å². The van der Waals surface area contributed by atoms with Gasteiger partial charge in [-0.05, 0) is 12.1 Å². The Balaban J connectivity index is 2.94. The highest BCUT2D eigenvalue weighted by molar-refractivity contribution is 9.10. The summed E-state index contributed by atoms with van der Waals surface area (Å²) in [6.07, 6.45) is 3.55. The van der Waals surface area contributed by atoms with Gasteiger partial charge in [0.05, 0.1) is 5.56 Å². The number of pyridine rings is 1. The number of benzene rings is 1. The number of nitrogens with zero attached hydrogens (tertiary/aromatic N) is 1. The maximum Gasteiger partial charge on any atom is 0.153 e. The lowest BCUT2D eigenvalue weighted by Crippen LogP contribution is -1.91. The summed E-state index contributed by atoms with van der Waals surface area (Å²) in [5.41, 5.74) is 0.0515. The molecule has 0 fully saturated rings. The second-order valence-corrected chi connectivity index (χ2v) is 3.66. The zero-order chi connectivity index (χ0) is 10.1. The van der Waals surface area contributed by atoms with Crippen LogP contribution in [-0.2, 0) is 0 Å². The van der Waals surface area contributed by atoms with Crippen LogP contribution in [0.15, 0.2) is 29.0 Å². The SMILES string of the molecule is O=Cc1cc(Br)c2cnccc2c1F. The quantitative estimate of drug-likeness (QED) is 0.732. The number of halogens is 2. The van der Waals surface area contributed by atoms with Gasteiger partial charge in [0.25, 0.3) is 0 Å². The van der Waals surface area contributed by atoms with Gasteiger partial charge in [0.15, 0.2) is 6.29 Å². The molecule has 0 atom stereocenters. The first-order valence-electron chi connectivity index (χ1n) is 3.91. The van der Waals surface area contributed by atoms with Gasteiger partial charge in [-0.15, -0.1) is 0 Å². The van der Waals surface area contributed by atoms with Crippen LogP contribution in [0.4, 0.5) is 4.39 Å². The van der Waals surface area contributed by atoms with Gasteiger partial charge in [0.2, 0.25) is 0 Å². The molecule has 2 rings (SSSR count). The van der Waals surface area contributed by atoms with Crippen LogP contribution in [0, 0.1) is 5.82 Å². The number of rotatable bonds is 1. The van der Waals surface area contributed by atoms with Crippen molar-refractivity contribution in [2.45, 2.75) is 0 Å². The van der Waals surface area contributed by atoms with Crippen molar-refractivity contribution in [3.05, 3.63) is 40.4 Å². The van der Waals surface area contributed by atoms with E-state index < -0.39 is 5.82 Å². The van der Waals surface area contributed by atoms with E-state index in [1.165, 1.54) is 12.3 Å². The number of hydrogen-bond acceptors (Lipinski definition) is 2. The molecule has 0 unspecified atom stereocenters. The Kier molecular flexibility index (Phi) is 2.29. The minimum Gasteiger partial charge on any atom is -0.298 e. The zero-order valence-corrected chi connectivity index (χ0v) is 8.58. The Morgan fingerprint density at radius 3 is 2.93 bits per heavy atom. The largest absolute Gasteiger partial charge is 0.298 e. The fourth-order valence-corrected chi connectivity index (χ4v) is 1.86. The highest BCUT2D eigenvalue weighted by Gasteiger charge is 2.09. The number of carbonyl (C=O) groups excluding carboxylic acids is 1. The molecule has 2 aromatic rings. The third kappa shape index (κ3) is 1.32. The lowest BCUT2D eigenvalue weighted by molar-refractivity contribution is 0.112. The molecule has 0 radical (unpaired) electrons. The number of fused-ring (bicyclic) bond motifs is 1. The Hall–Kier alpha value is -1.29. The van der Waals surface area contributed by atoms with Crippen molar-refractivity contribution >= 4 is 33.0 Å². The van der Waals surface area contributed by atoms with E-state index in [9.17, 15) is 9.18 Å². The van der Waals surface area contributed by atoms with Gasteiger partial charge in [0, 0.05) is 27.6 Å². The van der Waals surface area contributed by atoms with Crippen LogP contribution in [0.3, 0.4) is 0 Å². The minimum atomic E-state index is -0.499. The fourth-order valence-electron chi connectivity index (χ4n) is 1.30. The second kappa shape index (κ2) is 3.46. The van der Waals surface area contributed by atoms with Gasteiger partial charge in [-0.2, -0.15) is 0 Å². The van der Waals surface area contributed by atoms with E-state index in [1.54, 1.807) is 12.3 Å². The number of aromatic nitrogens is 1. The molecule has 0 saturated heterocycles. The molecule has 0 aliphatic rings. The lowest BCUT2D eigenvalue weighted by Gasteiger charge is -2.03. The average molecular weight is 254 g/mol. The molecular formula is C10H5BrFNO. The van der Waals surface area contributed by atoms with Gasteiger partial charge < -0.3 is 0 Å². The van der Waals surface area contributed by atoms with Crippen molar-refractivity contribution in [1.29, 1.82) is 0 Å². The van der Waals surface area contributed by atoms with Crippen LogP contribution in [0.2, 0.25) is 0 Å². The summed E-state index contributed by atoms with van der Waals surface area (Å²) >= 11 is 3.26. The fraction of sp³-hybridized carbons (Fsp3) is 0. The van der Waals surface area contributed by atoms with E-state index >= 15 is 0 Å². The van der Waals surface area contributed by atoms with E-state index in [1.807, 2.05) is 0 Å². The first-order chi connectivity index (χ1) is 6.74. The zero-order valence-electron chi connectivity index (χ0n) is 7.00. The van der Waals surface area contributed by atoms with Gasteiger partial charge in [-0.1, -0.05) is 15.9 Å². The third-order valence-corrected chi connectivity index (χ3v) is 2.63. The number of aldehydes is 1. The maximum absolute atomic E-state index is 13.6. The van der Waals surface area contributed by atoms with Gasteiger partial charge >= 0.3 is 0 Å². The molecule has 2 nitrogen and oxygen atoms in total. The van der Waals surface area contributed by atoms with Crippen LogP contribution in [0.5, 0.6) is 0 Å². The number of carbonyl (C=O) groups is 1. The number of hydrogen-bond donors (Lipinski definition) is 0. The standard InChI is InChI=1S/C10H5BrFNO/c11-9-3-6(5-14)10(12)7-1-2-13-4-8(7)9/h1-5H. The van der Waals surface area contributed by atoms with Crippen LogP contribution in [0.1, 0.15) is 10.4 Å². The molecule has 1 aromatic heterocycles. The molecule has 0 aliphatic carbocycles. The molecular weight excluding hydrogens is 249 g/mol. The smallest absolute Gasteiger partial charge is 0.153 e. The summed E-state index contributed by atoms with van der Waals surface area (Å²) in [5, 5.41) is 1.06. The van der Waals surface area contributed by atoms with Crippen LogP contribution < -0.4 is 0 Å². The van der Waals surface area contributed by atoms with Gasteiger partial charge in [0.1, 0.15) is 5.82 Å². The topological polar surface area (TPSA) is 30.0 Å². The first kappa shape index (κ1) is 9.27. The minimum absolute atomic E-state index is 0.0515. The molecule has 4 heteroatoms. The molecule has 70 valence electrons. The molecule has 14 heavy (non-hydrogen) atoms.